The van der Waals surface area contributed by atoms with E-state index in [2.05, 4.69) is 11.5 Å². The summed E-state index contributed by atoms with van der Waals surface area (Å²) in [5.74, 6) is 0.700. The third kappa shape index (κ3) is 5.93. The zero-order valence-electron chi connectivity index (χ0n) is 22.0. The number of ether oxygens (including phenoxy) is 2. The van der Waals surface area contributed by atoms with E-state index < -0.39 is 10.0 Å². The van der Waals surface area contributed by atoms with Gasteiger partial charge in [-0.3, -0.25) is 0 Å². The molecule has 1 aromatic heterocycles. The summed E-state index contributed by atoms with van der Waals surface area (Å²) in [6.45, 7) is 6.80. The molecule has 2 saturated heterocycles. The van der Waals surface area contributed by atoms with E-state index in [9.17, 15) is 13.2 Å². The molecule has 0 unspecified atom stereocenters. The van der Waals surface area contributed by atoms with Crippen molar-refractivity contribution in [2.75, 3.05) is 26.3 Å². The molecular formula is C28H35N3O5S2. The molecule has 204 valence electrons. The summed E-state index contributed by atoms with van der Waals surface area (Å²) in [7, 11) is -3.57. The van der Waals surface area contributed by atoms with E-state index in [0.29, 0.717) is 53.9 Å². The third-order valence-corrected chi connectivity index (χ3v) is 10.1. The summed E-state index contributed by atoms with van der Waals surface area (Å²) in [6, 6.07) is 12.7. The molecule has 3 aromatic rings. The number of rotatable bonds is 9. The van der Waals surface area contributed by atoms with Crippen LogP contribution in [0.25, 0.3) is 11.0 Å². The number of piperidine rings is 1. The number of benzene rings is 2. The number of esters is 1. The van der Waals surface area contributed by atoms with E-state index in [1.165, 1.54) is 0 Å². The Morgan fingerprint density at radius 2 is 1.97 bits per heavy atom. The van der Waals surface area contributed by atoms with Crippen LogP contribution in [0.2, 0.25) is 0 Å². The second-order valence-electron chi connectivity index (χ2n) is 10.1. The van der Waals surface area contributed by atoms with Gasteiger partial charge in [0.15, 0.2) is 5.16 Å². The Morgan fingerprint density at radius 3 is 2.68 bits per heavy atom. The molecule has 2 aliphatic heterocycles. The predicted molar refractivity (Wildman–Crippen MR) is 148 cm³/mol. The SMILES string of the molecule is CCOC(=O)c1ccc(CSc2nc3cc(S(=O)(=O)N4CCC[C@H](C)C4)ccc3n2C[C@@H]2CCCO2)cc1. The molecule has 0 saturated carbocycles. The lowest BCUT2D eigenvalue weighted by molar-refractivity contribution is 0.0526. The van der Waals surface area contributed by atoms with Gasteiger partial charge in [-0.1, -0.05) is 30.8 Å². The van der Waals surface area contributed by atoms with Gasteiger partial charge in [0.2, 0.25) is 10.0 Å². The van der Waals surface area contributed by atoms with Crippen LogP contribution in [0.1, 0.15) is 55.5 Å². The van der Waals surface area contributed by atoms with Crippen LogP contribution in [0, 0.1) is 5.92 Å². The Hall–Kier alpha value is -2.40. The zero-order valence-corrected chi connectivity index (χ0v) is 23.6. The summed E-state index contributed by atoms with van der Waals surface area (Å²) < 4.78 is 41.6. The first kappa shape index (κ1) is 27.2. The Bertz CT molecular complexity index is 1380. The second-order valence-corrected chi connectivity index (χ2v) is 13.0. The van der Waals surface area contributed by atoms with E-state index in [0.717, 1.165) is 48.5 Å². The van der Waals surface area contributed by atoms with E-state index in [4.69, 9.17) is 14.5 Å². The molecule has 2 aromatic carbocycles. The molecule has 3 heterocycles. The molecule has 0 amide bonds. The van der Waals surface area contributed by atoms with Gasteiger partial charge in [0.25, 0.3) is 0 Å². The van der Waals surface area contributed by atoms with Crippen molar-refractivity contribution in [3.8, 4) is 0 Å². The molecule has 2 atom stereocenters. The maximum absolute atomic E-state index is 13.4. The molecule has 8 nitrogen and oxygen atoms in total. The highest BCUT2D eigenvalue weighted by molar-refractivity contribution is 7.98. The molecule has 2 fully saturated rings. The van der Waals surface area contributed by atoms with Crippen LogP contribution in [-0.2, 0) is 31.8 Å². The normalized spacial score (nSPS) is 20.7. The lowest BCUT2D eigenvalue weighted by atomic mass is 10.0. The van der Waals surface area contributed by atoms with Crippen molar-refractivity contribution >= 4 is 38.8 Å². The van der Waals surface area contributed by atoms with Crippen LogP contribution in [0.15, 0.2) is 52.5 Å². The number of hydrogen-bond acceptors (Lipinski definition) is 7. The molecule has 5 rings (SSSR count). The quantitative estimate of drug-likeness (QED) is 0.267. The Labute approximate surface area is 228 Å². The fourth-order valence-electron chi connectivity index (χ4n) is 5.14. The number of hydrogen-bond donors (Lipinski definition) is 0. The number of aromatic nitrogens is 2. The average Bonchev–Trinajstić information content (AvgIpc) is 3.56. The largest absolute Gasteiger partial charge is 0.462 e. The van der Waals surface area contributed by atoms with Crippen molar-refractivity contribution in [1.82, 2.24) is 13.9 Å². The van der Waals surface area contributed by atoms with Gasteiger partial charge in [-0.05, 0) is 74.4 Å². The minimum absolute atomic E-state index is 0.119. The molecule has 38 heavy (non-hydrogen) atoms. The van der Waals surface area contributed by atoms with Crippen LogP contribution in [0.4, 0.5) is 0 Å². The standard InChI is InChI=1S/C28H35N3O5S2/c1-3-35-27(32)22-10-8-21(9-11-22)19-37-28-29-25-16-24(38(33,34)30-14-4-6-20(2)17-30)12-13-26(25)31(28)18-23-7-5-15-36-23/h8-13,16,20,23H,3-7,14-15,17-19H2,1-2H3/t20-,23-/m0/s1. The van der Waals surface area contributed by atoms with Crippen molar-refractivity contribution in [3.63, 3.8) is 0 Å². The van der Waals surface area contributed by atoms with Gasteiger partial charge in [0.1, 0.15) is 0 Å². The van der Waals surface area contributed by atoms with Crippen LogP contribution < -0.4 is 0 Å². The average molecular weight is 558 g/mol. The molecule has 10 heteroatoms. The highest BCUT2D eigenvalue weighted by Gasteiger charge is 2.29. The molecular weight excluding hydrogens is 522 g/mol. The number of carbonyl (C=O) groups is 1. The Morgan fingerprint density at radius 1 is 1.16 bits per heavy atom. The van der Waals surface area contributed by atoms with Gasteiger partial charge in [0.05, 0.1) is 40.7 Å². The van der Waals surface area contributed by atoms with Gasteiger partial charge in [0, 0.05) is 25.4 Å². The molecule has 0 spiro atoms. The first-order chi connectivity index (χ1) is 18.3. The van der Waals surface area contributed by atoms with Crippen molar-refractivity contribution < 1.29 is 22.7 Å². The minimum atomic E-state index is -3.57. The van der Waals surface area contributed by atoms with Crippen LogP contribution in [-0.4, -0.2) is 60.7 Å². The highest BCUT2D eigenvalue weighted by atomic mass is 32.2. The number of carbonyl (C=O) groups excluding carboxylic acids is 1. The Kier molecular flexibility index (Phi) is 8.42. The van der Waals surface area contributed by atoms with Crippen molar-refractivity contribution in [3.05, 3.63) is 53.6 Å². The number of imidazole rings is 1. The number of fused-ring (bicyclic) bond motifs is 1. The highest BCUT2D eigenvalue weighted by Crippen LogP contribution is 2.31. The second kappa shape index (κ2) is 11.8. The summed E-state index contributed by atoms with van der Waals surface area (Å²) in [6.07, 6.45) is 4.11. The maximum atomic E-state index is 13.4. The molecule has 0 N–H and O–H groups in total. The van der Waals surface area contributed by atoms with Gasteiger partial charge >= 0.3 is 5.97 Å². The molecule has 0 bridgehead atoms. The van der Waals surface area contributed by atoms with Gasteiger partial charge in [-0.2, -0.15) is 4.31 Å². The first-order valence-corrected chi connectivity index (χ1v) is 15.8. The molecule has 2 aliphatic rings. The lowest BCUT2D eigenvalue weighted by Crippen LogP contribution is -2.39. The van der Waals surface area contributed by atoms with E-state index in [1.807, 2.05) is 18.2 Å². The summed E-state index contributed by atoms with van der Waals surface area (Å²) in [5.41, 5.74) is 3.17. The summed E-state index contributed by atoms with van der Waals surface area (Å²) in [5, 5.41) is 0.825. The zero-order chi connectivity index (χ0) is 26.7. The fraction of sp³-hybridized carbons (Fsp3) is 0.500. The van der Waals surface area contributed by atoms with Crippen molar-refractivity contribution in [2.45, 2.75) is 68.0 Å². The summed E-state index contributed by atoms with van der Waals surface area (Å²) in [4.78, 5) is 17.1. The smallest absolute Gasteiger partial charge is 0.338 e. The topological polar surface area (TPSA) is 90.7 Å². The number of thioether (sulfide) groups is 1. The lowest BCUT2D eigenvalue weighted by Gasteiger charge is -2.30. The summed E-state index contributed by atoms with van der Waals surface area (Å²) >= 11 is 1.60. The molecule has 0 aliphatic carbocycles. The van der Waals surface area contributed by atoms with Crippen molar-refractivity contribution in [2.24, 2.45) is 5.92 Å². The molecule has 0 radical (unpaired) electrons. The van der Waals surface area contributed by atoms with E-state index >= 15 is 0 Å². The fourth-order valence-corrected chi connectivity index (χ4v) is 7.74. The van der Waals surface area contributed by atoms with Crippen LogP contribution in [0.3, 0.4) is 0 Å². The van der Waals surface area contributed by atoms with E-state index in [1.54, 1.807) is 47.3 Å². The monoisotopic (exact) mass is 557 g/mol. The van der Waals surface area contributed by atoms with E-state index in [-0.39, 0.29) is 12.1 Å². The van der Waals surface area contributed by atoms with Gasteiger partial charge in [-0.25, -0.2) is 18.2 Å². The van der Waals surface area contributed by atoms with Crippen LogP contribution >= 0.6 is 11.8 Å². The van der Waals surface area contributed by atoms with Gasteiger partial charge in [-0.15, -0.1) is 0 Å². The predicted octanol–water partition coefficient (Wildman–Crippen LogP) is 5.10. The third-order valence-electron chi connectivity index (χ3n) is 7.19. The number of sulfonamides is 1. The minimum Gasteiger partial charge on any atom is -0.462 e. The maximum Gasteiger partial charge on any atom is 0.338 e. The van der Waals surface area contributed by atoms with Gasteiger partial charge < -0.3 is 14.0 Å². The van der Waals surface area contributed by atoms with Crippen molar-refractivity contribution in [1.29, 1.82) is 0 Å². The number of nitrogens with zero attached hydrogens (tertiary/aromatic N) is 3. The Balaban J connectivity index is 1.41. The first-order valence-electron chi connectivity index (χ1n) is 13.4. The van der Waals surface area contributed by atoms with Crippen LogP contribution in [0.5, 0.6) is 0 Å².